The van der Waals surface area contributed by atoms with Crippen molar-refractivity contribution in [2.75, 3.05) is 13.1 Å². The molecule has 30 heavy (non-hydrogen) atoms. The fraction of sp³-hybridized carbons (Fsp3) is 0.333. The Balaban J connectivity index is 1.47. The zero-order valence-corrected chi connectivity index (χ0v) is 17.3. The van der Waals surface area contributed by atoms with Crippen molar-refractivity contribution in [1.29, 1.82) is 0 Å². The molecule has 2 atom stereocenters. The molecule has 1 aliphatic carbocycles. The van der Waals surface area contributed by atoms with E-state index in [4.69, 9.17) is 4.74 Å². The van der Waals surface area contributed by atoms with Gasteiger partial charge in [-0.05, 0) is 91.2 Å². The van der Waals surface area contributed by atoms with Crippen molar-refractivity contribution in [3.63, 3.8) is 0 Å². The first-order valence-corrected chi connectivity index (χ1v) is 11.1. The van der Waals surface area contributed by atoms with Crippen LogP contribution in [-0.4, -0.2) is 24.3 Å². The van der Waals surface area contributed by atoms with Crippen molar-refractivity contribution in [1.82, 2.24) is 5.32 Å². The van der Waals surface area contributed by atoms with Crippen LogP contribution in [0.15, 0.2) is 72.8 Å². The molecule has 3 nitrogen and oxygen atoms in total. The van der Waals surface area contributed by atoms with Gasteiger partial charge in [-0.3, -0.25) is 0 Å². The summed E-state index contributed by atoms with van der Waals surface area (Å²) in [4.78, 5) is 0. The first-order chi connectivity index (χ1) is 14.8. The van der Waals surface area contributed by atoms with Crippen LogP contribution in [0.5, 0.6) is 11.5 Å². The monoisotopic (exact) mass is 399 g/mol. The van der Waals surface area contributed by atoms with E-state index in [9.17, 15) is 5.11 Å². The minimum absolute atomic E-state index is 0.282. The molecule has 1 fully saturated rings. The second-order valence-electron chi connectivity index (χ2n) is 8.55. The zero-order chi connectivity index (χ0) is 20.3. The van der Waals surface area contributed by atoms with Gasteiger partial charge in [0, 0.05) is 5.92 Å². The van der Waals surface area contributed by atoms with E-state index in [2.05, 4.69) is 66.0 Å². The molecule has 0 bridgehead atoms. The van der Waals surface area contributed by atoms with Crippen molar-refractivity contribution in [3.05, 3.63) is 95.1 Å². The molecule has 0 aromatic heterocycles. The van der Waals surface area contributed by atoms with Crippen molar-refractivity contribution < 1.29 is 9.84 Å². The standard InChI is InChI=1S/C27H29NO2/c29-22-9-13-26-21(18-22)8-12-25(19-4-2-1-3-5-19)27(26)20-6-10-23(11-7-20)30-24-14-16-28-17-15-24/h1-7,9-11,13,18,24-25,27-29H,8,12,14-17H2/t25-,27+/m1/s1. The SMILES string of the molecule is Oc1ccc2c(c1)CC[C@H](c1ccccc1)[C@@H]2c1ccc(OC2CCNCC2)cc1. The number of phenols is 1. The third-order valence-electron chi connectivity index (χ3n) is 6.64. The molecular formula is C27H29NO2. The van der Waals surface area contributed by atoms with E-state index in [0.717, 1.165) is 44.5 Å². The number of aryl methyl sites for hydroxylation is 1. The summed E-state index contributed by atoms with van der Waals surface area (Å²) < 4.78 is 6.22. The van der Waals surface area contributed by atoms with Crippen molar-refractivity contribution in [2.45, 2.75) is 43.6 Å². The van der Waals surface area contributed by atoms with Gasteiger partial charge in [0.15, 0.2) is 0 Å². The number of phenolic OH excluding ortho intramolecular Hbond substituents is 1. The van der Waals surface area contributed by atoms with E-state index < -0.39 is 0 Å². The molecule has 1 saturated heterocycles. The molecule has 0 amide bonds. The summed E-state index contributed by atoms with van der Waals surface area (Å²) >= 11 is 0. The summed E-state index contributed by atoms with van der Waals surface area (Å²) in [6.07, 6.45) is 4.52. The summed E-state index contributed by atoms with van der Waals surface area (Å²) in [5.74, 6) is 2.03. The summed E-state index contributed by atoms with van der Waals surface area (Å²) in [5, 5.41) is 13.4. The van der Waals surface area contributed by atoms with Crippen LogP contribution < -0.4 is 10.1 Å². The molecule has 0 saturated carbocycles. The largest absolute Gasteiger partial charge is 0.508 e. The van der Waals surface area contributed by atoms with Gasteiger partial charge in [0.25, 0.3) is 0 Å². The zero-order valence-electron chi connectivity index (χ0n) is 17.3. The molecule has 3 heteroatoms. The van der Waals surface area contributed by atoms with Crippen LogP contribution in [0.25, 0.3) is 0 Å². The predicted molar refractivity (Wildman–Crippen MR) is 120 cm³/mol. The van der Waals surface area contributed by atoms with Gasteiger partial charge in [-0.1, -0.05) is 48.5 Å². The summed E-state index contributed by atoms with van der Waals surface area (Å²) in [6.45, 7) is 2.07. The van der Waals surface area contributed by atoms with Crippen molar-refractivity contribution >= 4 is 0 Å². The van der Waals surface area contributed by atoms with Gasteiger partial charge in [0.1, 0.15) is 17.6 Å². The van der Waals surface area contributed by atoms with Crippen LogP contribution in [0.1, 0.15) is 53.4 Å². The normalized spacial score (nSPS) is 21.7. The second-order valence-corrected chi connectivity index (χ2v) is 8.55. The third-order valence-corrected chi connectivity index (χ3v) is 6.64. The summed E-state index contributed by atoms with van der Waals surface area (Å²) in [5.41, 5.74) is 5.30. The fourth-order valence-electron chi connectivity index (χ4n) is 5.14. The Kier molecular flexibility index (Phi) is 5.46. The third kappa shape index (κ3) is 3.95. The molecule has 5 rings (SSSR count). The minimum atomic E-state index is 0.282. The number of ether oxygens (including phenoxy) is 1. The Hall–Kier alpha value is -2.78. The van der Waals surface area contributed by atoms with E-state index in [1.54, 1.807) is 0 Å². The van der Waals surface area contributed by atoms with Gasteiger partial charge in [0.05, 0.1) is 0 Å². The van der Waals surface area contributed by atoms with Crippen LogP contribution >= 0.6 is 0 Å². The number of hydrogen-bond donors (Lipinski definition) is 2. The molecule has 1 aliphatic heterocycles. The Morgan fingerprint density at radius 3 is 2.33 bits per heavy atom. The highest BCUT2D eigenvalue weighted by molar-refractivity contribution is 5.48. The first-order valence-electron chi connectivity index (χ1n) is 11.1. The van der Waals surface area contributed by atoms with Crippen LogP contribution in [0, 0.1) is 0 Å². The predicted octanol–water partition coefficient (Wildman–Crippen LogP) is 5.38. The summed E-state index contributed by atoms with van der Waals surface area (Å²) in [6, 6.07) is 25.5. The highest BCUT2D eigenvalue weighted by Crippen LogP contribution is 2.47. The minimum Gasteiger partial charge on any atom is -0.508 e. The number of benzene rings is 3. The summed E-state index contributed by atoms with van der Waals surface area (Å²) in [7, 11) is 0. The van der Waals surface area contributed by atoms with E-state index in [1.165, 1.54) is 22.3 Å². The molecule has 0 unspecified atom stereocenters. The lowest BCUT2D eigenvalue weighted by atomic mass is 9.69. The van der Waals surface area contributed by atoms with Gasteiger partial charge in [-0.25, -0.2) is 0 Å². The van der Waals surface area contributed by atoms with Crippen LogP contribution in [0.3, 0.4) is 0 Å². The maximum Gasteiger partial charge on any atom is 0.119 e. The van der Waals surface area contributed by atoms with Gasteiger partial charge in [0.2, 0.25) is 0 Å². The lowest BCUT2D eigenvalue weighted by Crippen LogP contribution is -2.34. The maximum atomic E-state index is 10.00. The quantitative estimate of drug-likeness (QED) is 0.618. The van der Waals surface area contributed by atoms with Crippen molar-refractivity contribution in [3.8, 4) is 11.5 Å². The second kappa shape index (κ2) is 8.53. The number of aromatic hydroxyl groups is 1. The number of nitrogens with one attached hydrogen (secondary N) is 1. The van der Waals surface area contributed by atoms with E-state index >= 15 is 0 Å². The average molecular weight is 400 g/mol. The molecule has 2 aliphatic rings. The fourth-order valence-corrected chi connectivity index (χ4v) is 5.14. The molecule has 3 aromatic carbocycles. The van der Waals surface area contributed by atoms with Crippen LogP contribution in [0.4, 0.5) is 0 Å². The molecule has 1 heterocycles. The van der Waals surface area contributed by atoms with Gasteiger partial charge < -0.3 is 15.2 Å². The van der Waals surface area contributed by atoms with Gasteiger partial charge in [-0.2, -0.15) is 0 Å². The lowest BCUT2D eigenvalue weighted by molar-refractivity contribution is 0.162. The maximum absolute atomic E-state index is 10.00. The van der Waals surface area contributed by atoms with E-state index in [-0.39, 0.29) is 5.92 Å². The van der Waals surface area contributed by atoms with Crippen LogP contribution in [0.2, 0.25) is 0 Å². The Morgan fingerprint density at radius 2 is 1.57 bits per heavy atom. The Morgan fingerprint density at radius 1 is 0.800 bits per heavy atom. The first kappa shape index (κ1) is 19.2. The van der Waals surface area contributed by atoms with Gasteiger partial charge in [-0.15, -0.1) is 0 Å². The molecule has 0 spiro atoms. The van der Waals surface area contributed by atoms with Gasteiger partial charge >= 0.3 is 0 Å². The molecule has 3 aromatic rings. The molecule has 2 N–H and O–H groups in total. The van der Waals surface area contributed by atoms with Crippen molar-refractivity contribution in [2.24, 2.45) is 0 Å². The topological polar surface area (TPSA) is 41.5 Å². The molecular weight excluding hydrogens is 370 g/mol. The molecule has 0 radical (unpaired) electrons. The highest BCUT2D eigenvalue weighted by Gasteiger charge is 2.32. The van der Waals surface area contributed by atoms with E-state index in [0.29, 0.717) is 17.8 Å². The molecule has 154 valence electrons. The number of fused-ring (bicyclic) bond motifs is 1. The lowest BCUT2D eigenvalue weighted by Gasteiger charge is -2.35. The Bertz CT molecular complexity index is 978. The average Bonchev–Trinajstić information content (AvgIpc) is 2.80. The number of hydrogen-bond acceptors (Lipinski definition) is 3. The van der Waals surface area contributed by atoms with Crippen LogP contribution in [-0.2, 0) is 6.42 Å². The number of piperidine rings is 1. The Labute approximate surface area is 178 Å². The van der Waals surface area contributed by atoms with E-state index in [1.807, 2.05) is 12.1 Å². The number of rotatable bonds is 4. The highest BCUT2D eigenvalue weighted by atomic mass is 16.5. The smallest absolute Gasteiger partial charge is 0.119 e.